The molecule has 122 valence electrons. The van der Waals surface area contributed by atoms with Crippen molar-refractivity contribution in [1.82, 2.24) is 0 Å². The first kappa shape index (κ1) is 17.0. The molecule has 23 heavy (non-hydrogen) atoms. The first-order valence-electron chi connectivity index (χ1n) is 6.27. The van der Waals surface area contributed by atoms with Gasteiger partial charge in [0.15, 0.2) is 9.84 Å². The van der Waals surface area contributed by atoms with E-state index in [0.717, 1.165) is 12.3 Å². The number of sulfone groups is 1. The first-order valence-corrected chi connectivity index (χ1v) is 8.17. The Hall–Kier alpha value is -2.35. The molecule has 0 bridgehead atoms. The summed E-state index contributed by atoms with van der Waals surface area (Å²) < 4.78 is 66.6. The van der Waals surface area contributed by atoms with Crippen molar-refractivity contribution in [2.24, 2.45) is 0 Å². The molecule has 0 fully saturated rings. The van der Waals surface area contributed by atoms with Crippen LogP contribution in [-0.2, 0) is 16.0 Å². The van der Waals surface area contributed by atoms with Gasteiger partial charge in [0.1, 0.15) is 5.75 Å². The Kier molecular flexibility index (Phi) is 4.46. The number of benzene rings is 2. The second kappa shape index (κ2) is 6.04. The van der Waals surface area contributed by atoms with Gasteiger partial charge in [0, 0.05) is 6.26 Å². The van der Waals surface area contributed by atoms with Crippen molar-refractivity contribution in [1.29, 1.82) is 0 Å². The maximum atomic E-state index is 12.7. The molecule has 8 heteroatoms. The van der Waals surface area contributed by atoms with E-state index in [2.05, 4.69) is 0 Å². The highest BCUT2D eigenvalue weighted by atomic mass is 32.2. The standard InChI is InChI=1S/C15H11F3O4S/c1-23(20,21)13-9-10(15(16,17)18)7-8-12(13)14(19)22-11-5-3-2-4-6-11/h2-9H,1H3. The van der Waals surface area contributed by atoms with E-state index in [4.69, 9.17) is 4.74 Å². The lowest BCUT2D eigenvalue weighted by Crippen LogP contribution is -2.16. The lowest BCUT2D eigenvalue weighted by Gasteiger charge is -2.12. The molecule has 0 unspecified atom stereocenters. The van der Waals surface area contributed by atoms with Crippen LogP contribution in [0.5, 0.6) is 5.75 Å². The number of esters is 1. The first-order chi connectivity index (χ1) is 10.6. The maximum Gasteiger partial charge on any atom is 0.416 e. The summed E-state index contributed by atoms with van der Waals surface area (Å²) in [6, 6.07) is 9.64. The molecule has 0 aliphatic rings. The Balaban J connectivity index is 2.48. The highest BCUT2D eigenvalue weighted by Crippen LogP contribution is 2.32. The van der Waals surface area contributed by atoms with Gasteiger partial charge in [0.2, 0.25) is 0 Å². The summed E-state index contributed by atoms with van der Waals surface area (Å²) in [5, 5.41) is 0. The van der Waals surface area contributed by atoms with Gasteiger partial charge in [-0.15, -0.1) is 0 Å². The van der Waals surface area contributed by atoms with Crippen LogP contribution in [0.3, 0.4) is 0 Å². The van der Waals surface area contributed by atoms with Crippen LogP contribution in [0.15, 0.2) is 53.4 Å². The van der Waals surface area contributed by atoms with Gasteiger partial charge in [-0.2, -0.15) is 13.2 Å². The number of ether oxygens (including phenoxy) is 1. The molecule has 0 atom stereocenters. The van der Waals surface area contributed by atoms with Gasteiger partial charge in [0.05, 0.1) is 16.0 Å². The van der Waals surface area contributed by atoms with Crippen molar-refractivity contribution in [3.63, 3.8) is 0 Å². The summed E-state index contributed by atoms with van der Waals surface area (Å²) in [6.07, 6.45) is -4.00. The molecule has 0 aliphatic heterocycles. The van der Waals surface area contributed by atoms with E-state index in [1.54, 1.807) is 18.2 Å². The molecule has 4 nitrogen and oxygen atoms in total. The molecule has 0 aliphatic carbocycles. The quantitative estimate of drug-likeness (QED) is 0.633. The smallest absolute Gasteiger partial charge is 0.416 e. The number of hydrogen-bond donors (Lipinski definition) is 0. The average molecular weight is 344 g/mol. The second-order valence-electron chi connectivity index (χ2n) is 4.68. The van der Waals surface area contributed by atoms with Crippen LogP contribution in [0.4, 0.5) is 13.2 Å². The zero-order valence-corrected chi connectivity index (χ0v) is 12.6. The fraction of sp³-hybridized carbons (Fsp3) is 0.133. The number of para-hydroxylation sites is 1. The number of carbonyl (C=O) groups is 1. The Morgan fingerprint density at radius 1 is 1.04 bits per heavy atom. The van der Waals surface area contributed by atoms with E-state index in [1.807, 2.05) is 0 Å². The molecule has 0 amide bonds. The fourth-order valence-corrected chi connectivity index (χ4v) is 2.72. The summed E-state index contributed by atoms with van der Waals surface area (Å²) in [5.74, 6) is -0.901. The van der Waals surface area contributed by atoms with Crippen molar-refractivity contribution in [3.8, 4) is 5.75 Å². The summed E-state index contributed by atoms with van der Waals surface area (Å²) in [5.41, 5.74) is -1.61. The van der Waals surface area contributed by atoms with Gasteiger partial charge < -0.3 is 4.74 Å². The molecule has 2 aromatic rings. The molecule has 2 aromatic carbocycles. The zero-order valence-electron chi connectivity index (χ0n) is 11.8. The SMILES string of the molecule is CS(=O)(=O)c1cc(C(F)(F)F)ccc1C(=O)Oc1ccccc1. The second-order valence-corrected chi connectivity index (χ2v) is 6.67. The van der Waals surface area contributed by atoms with Crippen molar-refractivity contribution >= 4 is 15.8 Å². The van der Waals surface area contributed by atoms with E-state index in [0.29, 0.717) is 12.1 Å². The molecule has 0 N–H and O–H groups in total. The minimum Gasteiger partial charge on any atom is -0.423 e. The van der Waals surface area contributed by atoms with Crippen LogP contribution < -0.4 is 4.74 Å². The molecule has 0 saturated heterocycles. The number of alkyl halides is 3. The minimum absolute atomic E-state index is 0.150. The topological polar surface area (TPSA) is 60.4 Å². The van der Waals surface area contributed by atoms with Gasteiger partial charge in [-0.1, -0.05) is 18.2 Å². The summed E-state index contributed by atoms with van der Waals surface area (Å²) >= 11 is 0. The molecular weight excluding hydrogens is 333 g/mol. The predicted octanol–water partition coefficient (Wildman–Crippen LogP) is 3.33. The Morgan fingerprint density at radius 3 is 2.17 bits per heavy atom. The van der Waals surface area contributed by atoms with Crippen molar-refractivity contribution in [3.05, 3.63) is 59.7 Å². The lowest BCUT2D eigenvalue weighted by molar-refractivity contribution is -0.137. The molecule has 0 aromatic heterocycles. The summed E-state index contributed by atoms with van der Waals surface area (Å²) in [7, 11) is -4.05. The largest absolute Gasteiger partial charge is 0.423 e. The van der Waals surface area contributed by atoms with Gasteiger partial charge >= 0.3 is 12.1 Å². The Labute approximate surface area is 130 Å². The highest BCUT2D eigenvalue weighted by molar-refractivity contribution is 7.90. The normalized spacial score (nSPS) is 12.0. The van der Waals surface area contributed by atoms with Gasteiger partial charge in [-0.25, -0.2) is 13.2 Å². The Bertz CT molecular complexity index is 828. The van der Waals surface area contributed by atoms with Crippen LogP contribution in [0, 0.1) is 0 Å². The van der Waals surface area contributed by atoms with E-state index in [9.17, 15) is 26.4 Å². The third kappa shape index (κ3) is 4.10. The van der Waals surface area contributed by atoms with E-state index < -0.39 is 38.0 Å². The van der Waals surface area contributed by atoms with Crippen molar-refractivity contribution in [2.45, 2.75) is 11.1 Å². The number of carbonyl (C=O) groups excluding carboxylic acids is 1. The maximum absolute atomic E-state index is 12.7. The predicted molar refractivity (Wildman–Crippen MR) is 76.0 cm³/mol. The summed E-state index contributed by atoms with van der Waals surface area (Å²) in [6.45, 7) is 0. The molecule has 0 spiro atoms. The molecular formula is C15H11F3O4S. The number of hydrogen-bond acceptors (Lipinski definition) is 4. The van der Waals surface area contributed by atoms with Gasteiger partial charge in [0.25, 0.3) is 0 Å². The third-order valence-electron chi connectivity index (χ3n) is 2.88. The zero-order chi connectivity index (χ0) is 17.3. The van der Waals surface area contributed by atoms with Crippen molar-refractivity contribution in [2.75, 3.05) is 6.26 Å². The van der Waals surface area contributed by atoms with Crippen LogP contribution >= 0.6 is 0 Å². The fourth-order valence-electron chi connectivity index (χ4n) is 1.82. The minimum atomic E-state index is -4.72. The lowest BCUT2D eigenvalue weighted by atomic mass is 10.1. The Morgan fingerprint density at radius 2 is 1.65 bits per heavy atom. The van der Waals surface area contributed by atoms with Gasteiger partial charge in [-0.05, 0) is 30.3 Å². The molecule has 0 radical (unpaired) electrons. The summed E-state index contributed by atoms with van der Waals surface area (Å²) in [4.78, 5) is 11.3. The highest BCUT2D eigenvalue weighted by Gasteiger charge is 2.33. The van der Waals surface area contributed by atoms with E-state index in [-0.39, 0.29) is 5.75 Å². The molecule has 2 rings (SSSR count). The van der Waals surface area contributed by atoms with Crippen LogP contribution in [0.1, 0.15) is 15.9 Å². The van der Waals surface area contributed by atoms with Crippen molar-refractivity contribution < 1.29 is 31.1 Å². The van der Waals surface area contributed by atoms with Crippen LogP contribution in [0.2, 0.25) is 0 Å². The van der Waals surface area contributed by atoms with Gasteiger partial charge in [-0.3, -0.25) is 0 Å². The van der Waals surface area contributed by atoms with Crippen LogP contribution in [-0.4, -0.2) is 20.6 Å². The van der Waals surface area contributed by atoms with E-state index >= 15 is 0 Å². The number of rotatable bonds is 3. The third-order valence-corrected chi connectivity index (χ3v) is 4.02. The molecule has 0 heterocycles. The van der Waals surface area contributed by atoms with E-state index in [1.165, 1.54) is 12.1 Å². The number of halogens is 3. The molecule has 0 saturated carbocycles. The van der Waals surface area contributed by atoms with Crippen LogP contribution in [0.25, 0.3) is 0 Å². The monoisotopic (exact) mass is 344 g/mol. The average Bonchev–Trinajstić information content (AvgIpc) is 2.46.